The summed E-state index contributed by atoms with van der Waals surface area (Å²) in [5.74, 6) is 0.664. The summed E-state index contributed by atoms with van der Waals surface area (Å²) in [5, 5.41) is 3.61. The van der Waals surface area contributed by atoms with Crippen LogP contribution < -0.4 is 10.2 Å². The predicted octanol–water partition coefficient (Wildman–Crippen LogP) is 4.38. The van der Waals surface area contributed by atoms with Crippen molar-refractivity contribution in [2.75, 3.05) is 23.3 Å². The van der Waals surface area contributed by atoms with Crippen molar-refractivity contribution in [2.45, 2.75) is 47.1 Å². The van der Waals surface area contributed by atoms with Crippen LogP contribution in [-0.2, 0) is 0 Å². The maximum Gasteiger partial charge on any atom is 0.0367 e. The van der Waals surface area contributed by atoms with Crippen LogP contribution in [-0.4, -0.2) is 19.1 Å². The predicted molar refractivity (Wildman–Crippen MR) is 82.5 cm³/mol. The fourth-order valence-electron chi connectivity index (χ4n) is 2.31. The van der Waals surface area contributed by atoms with E-state index in [-0.39, 0.29) is 0 Å². The van der Waals surface area contributed by atoms with Gasteiger partial charge in [-0.1, -0.05) is 20.8 Å². The molecule has 0 amide bonds. The van der Waals surface area contributed by atoms with E-state index in [0.29, 0.717) is 12.0 Å². The maximum atomic E-state index is 3.61. The van der Waals surface area contributed by atoms with Gasteiger partial charge in [-0.25, -0.2) is 0 Å². The average Bonchev–Trinajstić information content (AvgIpc) is 2.38. The van der Waals surface area contributed by atoms with Crippen molar-refractivity contribution in [2.24, 2.45) is 5.92 Å². The number of nitrogens with one attached hydrogen (secondary N) is 1. The number of nitrogens with zero attached hydrogens (tertiary/aromatic N) is 1. The molecule has 0 heterocycles. The summed E-state index contributed by atoms with van der Waals surface area (Å²) in [6.45, 7) is 13.3. The highest BCUT2D eigenvalue weighted by Gasteiger charge is 2.10. The molecule has 0 radical (unpaired) electrons. The molecule has 1 aromatic carbocycles. The van der Waals surface area contributed by atoms with Crippen molar-refractivity contribution in [3.63, 3.8) is 0 Å². The Balaban J connectivity index is 2.70. The molecule has 0 bridgehead atoms. The highest BCUT2D eigenvalue weighted by molar-refractivity contribution is 5.55. The van der Waals surface area contributed by atoms with E-state index in [0.717, 1.165) is 19.5 Å². The summed E-state index contributed by atoms with van der Waals surface area (Å²) in [6.07, 6.45) is 1.16. The molecule has 1 rings (SSSR count). The van der Waals surface area contributed by atoms with Gasteiger partial charge in [0.05, 0.1) is 0 Å². The van der Waals surface area contributed by atoms with Crippen LogP contribution in [0.1, 0.15) is 41.0 Å². The SMILES string of the molecule is CCC(Nc1ccc(N(CC)CC)cc1)C(C)C. The first-order valence-electron chi connectivity index (χ1n) is 7.23. The summed E-state index contributed by atoms with van der Waals surface area (Å²) in [4.78, 5) is 2.36. The van der Waals surface area contributed by atoms with Crippen LogP contribution in [0.25, 0.3) is 0 Å². The van der Waals surface area contributed by atoms with E-state index < -0.39 is 0 Å². The van der Waals surface area contributed by atoms with Gasteiger partial charge in [0.2, 0.25) is 0 Å². The van der Waals surface area contributed by atoms with Crippen molar-refractivity contribution < 1.29 is 0 Å². The second-order valence-corrected chi connectivity index (χ2v) is 5.12. The summed E-state index contributed by atoms with van der Waals surface area (Å²) in [6, 6.07) is 9.37. The highest BCUT2D eigenvalue weighted by Crippen LogP contribution is 2.20. The van der Waals surface area contributed by atoms with Gasteiger partial charge >= 0.3 is 0 Å². The highest BCUT2D eigenvalue weighted by atomic mass is 15.1. The molecule has 1 unspecified atom stereocenters. The van der Waals surface area contributed by atoms with E-state index in [1.54, 1.807) is 0 Å². The van der Waals surface area contributed by atoms with Crippen LogP contribution in [0, 0.1) is 5.92 Å². The fourth-order valence-corrected chi connectivity index (χ4v) is 2.31. The molecule has 1 N–H and O–H groups in total. The van der Waals surface area contributed by atoms with Crippen LogP contribution in [0.5, 0.6) is 0 Å². The van der Waals surface area contributed by atoms with Crippen molar-refractivity contribution >= 4 is 11.4 Å². The second kappa shape index (κ2) is 7.30. The third-order valence-corrected chi connectivity index (χ3v) is 3.59. The van der Waals surface area contributed by atoms with Crippen molar-refractivity contribution in [1.82, 2.24) is 0 Å². The lowest BCUT2D eigenvalue weighted by molar-refractivity contribution is 0.511. The lowest BCUT2D eigenvalue weighted by Gasteiger charge is -2.24. The Bertz CT molecular complexity index is 325. The van der Waals surface area contributed by atoms with E-state index in [4.69, 9.17) is 0 Å². The van der Waals surface area contributed by atoms with Gasteiger partial charge in [0, 0.05) is 30.5 Å². The topological polar surface area (TPSA) is 15.3 Å². The Hall–Kier alpha value is -1.18. The Morgan fingerprint density at radius 2 is 1.56 bits per heavy atom. The first-order valence-corrected chi connectivity index (χ1v) is 7.23. The maximum absolute atomic E-state index is 3.61. The zero-order valence-corrected chi connectivity index (χ0v) is 12.5. The molecule has 102 valence electrons. The van der Waals surface area contributed by atoms with E-state index in [1.165, 1.54) is 11.4 Å². The van der Waals surface area contributed by atoms with Crippen LogP contribution >= 0.6 is 0 Å². The molecule has 0 saturated carbocycles. The number of rotatable bonds is 7. The molecular weight excluding hydrogens is 220 g/mol. The largest absolute Gasteiger partial charge is 0.382 e. The molecule has 1 atom stereocenters. The standard InChI is InChI=1S/C16H28N2/c1-6-16(13(4)5)17-14-9-11-15(12-10-14)18(7-2)8-3/h9-13,16-17H,6-8H2,1-5H3. The van der Waals surface area contributed by atoms with Crippen LogP contribution in [0.15, 0.2) is 24.3 Å². The van der Waals surface area contributed by atoms with Gasteiger partial charge in [0.25, 0.3) is 0 Å². The molecule has 0 fully saturated rings. The van der Waals surface area contributed by atoms with Gasteiger partial charge < -0.3 is 10.2 Å². The molecule has 0 aromatic heterocycles. The Labute approximate surface area is 112 Å². The number of hydrogen-bond acceptors (Lipinski definition) is 2. The average molecular weight is 248 g/mol. The van der Waals surface area contributed by atoms with E-state index >= 15 is 0 Å². The normalized spacial score (nSPS) is 12.6. The molecular formula is C16H28N2. The van der Waals surface area contributed by atoms with E-state index in [2.05, 4.69) is 69.1 Å². The van der Waals surface area contributed by atoms with Crippen molar-refractivity contribution in [3.05, 3.63) is 24.3 Å². The molecule has 2 nitrogen and oxygen atoms in total. The molecule has 1 aromatic rings. The van der Waals surface area contributed by atoms with Gasteiger partial charge in [-0.15, -0.1) is 0 Å². The van der Waals surface area contributed by atoms with Crippen molar-refractivity contribution in [1.29, 1.82) is 0 Å². The molecule has 0 spiro atoms. The van der Waals surface area contributed by atoms with E-state index in [1.807, 2.05) is 0 Å². The minimum Gasteiger partial charge on any atom is -0.382 e. The molecule has 2 heteroatoms. The minimum absolute atomic E-state index is 0.560. The van der Waals surface area contributed by atoms with E-state index in [9.17, 15) is 0 Å². The van der Waals surface area contributed by atoms with Gasteiger partial charge in [-0.05, 0) is 50.5 Å². The van der Waals surface area contributed by atoms with Gasteiger partial charge in [-0.2, -0.15) is 0 Å². The van der Waals surface area contributed by atoms with Crippen LogP contribution in [0.3, 0.4) is 0 Å². The minimum atomic E-state index is 0.560. The molecule has 0 aliphatic heterocycles. The third-order valence-electron chi connectivity index (χ3n) is 3.59. The summed E-state index contributed by atoms with van der Waals surface area (Å²) in [5.41, 5.74) is 2.54. The quantitative estimate of drug-likeness (QED) is 0.770. The molecule has 0 aliphatic carbocycles. The summed E-state index contributed by atoms with van der Waals surface area (Å²) in [7, 11) is 0. The van der Waals surface area contributed by atoms with Gasteiger partial charge in [0.1, 0.15) is 0 Å². The number of benzene rings is 1. The Morgan fingerprint density at radius 1 is 1.00 bits per heavy atom. The molecule has 18 heavy (non-hydrogen) atoms. The Morgan fingerprint density at radius 3 is 1.94 bits per heavy atom. The lowest BCUT2D eigenvalue weighted by Crippen LogP contribution is -2.25. The zero-order chi connectivity index (χ0) is 13.5. The summed E-state index contributed by atoms with van der Waals surface area (Å²) >= 11 is 0. The number of anilines is 2. The Kier molecular flexibility index (Phi) is 6.03. The molecule has 0 aliphatic rings. The summed E-state index contributed by atoms with van der Waals surface area (Å²) < 4.78 is 0. The van der Waals surface area contributed by atoms with Gasteiger partial charge in [0.15, 0.2) is 0 Å². The van der Waals surface area contributed by atoms with Crippen molar-refractivity contribution in [3.8, 4) is 0 Å². The monoisotopic (exact) mass is 248 g/mol. The third kappa shape index (κ3) is 3.94. The number of hydrogen-bond donors (Lipinski definition) is 1. The second-order valence-electron chi connectivity index (χ2n) is 5.12. The fraction of sp³-hybridized carbons (Fsp3) is 0.625. The molecule has 0 saturated heterocycles. The first-order chi connectivity index (χ1) is 8.62. The lowest BCUT2D eigenvalue weighted by atomic mass is 10.0. The smallest absolute Gasteiger partial charge is 0.0367 e. The van der Waals surface area contributed by atoms with Crippen LogP contribution in [0.4, 0.5) is 11.4 Å². The first kappa shape index (κ1) is 14.9. The zero-order valence-electron chi connectivity index (χ0n) is 12.5. The van der Waals surface area contributed by atoms with Gasteiger partial charge in [-0.3, -0.25) is 0 Å². The van der Waals surface area contributed by atoms with Crippen LogP contribution in [0.2, 0.25) is 0 Å².